The molecule has 1 aromatic heterocycles. The first-order valence-electron chi connectivity index (χ1n) is 12.6. The topological polar surface area (TPSA) is 90.4 Å². The van der Waals surface area contributed by atoms with Gasteiger partial charge in [-0.15, -0.1) is 4.72 Å². The number of fused-ring (bicyclic) bond motifs is 1. The number of nitrogens with one attached hydrogen (secondary N) is 1. The Labute approximate surface area is 235 Å². The molecule has 3 heterocycles. The van der Waals surface area contributed by atoms with Gasteiger partial charge in [-0.3, -0.25) is 0 Å². The van der Waals surface area contributed by atoms with Crippen LogP contribution in [0.4, 0.5) is 5.82 Å². The van der Waals surface area contributed by atoms with Crippen molar-refractivity contribution in [3.63, 3.8) is 0 Å². The molecule has 1 spiro atoms. The SMILES string of the molecule is COC(=O)c1nc(-c2cccc(Cl)c2Cl)cnc1N1CCC2(CC1)Cc1cccc3c1[C@H]2N[S+]([O-])C3(C)C. The minimum absolute atomic E-state index is 0.0446. The zero-order valence-corrected chi connectivity index (χ0v) is 23.7. The fourth-order valence-electron chi connectivity index (χ4n) is 6.27. The summed E-state index contributed by atoms with van der Waals surface area (Å²) in [5, 5.41) is 0.755. The Morgan fingerprint density at radius 3 is 2.66 bits per heavy atom. The Bertz CT molecular complexity index is 1440. The van der Waals surface area contributed by atoms with Gasteiger partial charge in [-0.2, -0.15) is 0 Å². The van der Waals surface area contributed by atoms with E-state index in [-0.39, 0.29) is 17.2 Å². The van der Waals surface area contributed by atoms with E-state index in [1.54, 1.807) is 24.4 Å². The number of rotatable bonds is 3. The van der Waals surface area contributed by atoms with Crippen molar-refractivity contribution in [3.05, 3.63) is 75.0 Å². The van der Waals surface area contributed by atoms with Crippen LogP contribution in [0.25, 0.3) is 11.3 Å². The normalized spacial score (nSPS) is 22.8. The Hall–Kier alpha value is -2.36. The van der Waals surface area contributed by atoms with Gasteiger partial charge in [0.05, 0.1) is 35.1 Å². The van der Waals surface area contributed by atoms with E-state index < -0.39 is 22.1 Å². The van der Waals surface area contributed by atoms with Gasteiger partial charge in [-0.25, -0.2) is 14.8 Å². The van der Waals surface area contributed by atoms with Gasteiger partial charge in [0.1, 0.15) is 0 Å². The number of benzene rings is 2. The van der Waals surface area contributed by atoms with Crippen LogP contribution in [0.3, 0.4) is 0 Å². The fourth-order valence-corrected chi connectivity index (χ4v) is 7.92. The van der Waals surface area contributed by atoms with E-state index in [1.165, 1.54) is 23.8 Å². The molecule has 2 atom stereocenters. The van der Waals surface area contributed by atoms with Crippen molar-refractivity contribution in [2.75, 3.05) is 25.1 Å². The van der Waals surface area contributed by atoms with Gasteiger partial charge in [-0.1, -0.05) is 53.5 Å². The highest BCUT2D eigenvalue weighted by atomic mass is 35.5. The summed E-state index contributed by atoms with van der Waals surface area (Å²) < 4.78 is 21.3. The van der Waals surface area contributed by atoms with E-state index in [1.807, 2.05) is 13.8 Å². The molecule has 3 aliphatic rings. The monoisotopic (exact) mass is 570 g/mol. The predicted octanol–water partition coefficient (Wildman–Crippen LogP) is 5.62. The Kier molecular flexibility index (Phi) is 6.39. The van der Waals surface area contributed by atoms with Gasteiger partial charge in [-0.05, 0) is 50.3 Å². The average Bonchev–Trinajstić information content (AvgIpc) is 3.21. The Morgan fingerprint density at radius 1 is 1.18 bits per heavy atom. The van der Waals surface area contributed by atoms with Crippen molar-refractivity contribution >= 4 is 46.4 Å². The minimum Gasteiger partial charge on any atom is -0.597 e. The van der Waals surface area contributed by atoms with Crippen molar-refractivity contribution in [1.82, 2.24) is 14.7 Å². The first kappa shape index (κ1) is 25.9. The van der Waals surface area contributed by atoms with Crippen LogP contribution in [0.15, 0.2) is 42.6 Å². The molecule has 0 saturated carbocycles. The highest BCUT2D eigenvalue weighted by Gasteiger charge is 2.56. The van der Waals surface area contributed by atoms with Crippen molar-refractivity contribution in [1.29, 1.82) is 0 Å². The summed E-state index contributed by atoms with van der Waals surface area (Å²) in [7, 11) is 1.34. The number of hydrogen-bond donors (Lipinski definition) is 1. The number of carbonyl (C=O) groups excluding carboxylic acids is 1. The molecule has 198 valence electrons. The number of ether oxygens (including phenoxy) is 1. The zero-order valence-electron chi connectivity index (χ0n) is 21.4. The predicted molar refractivity (Wildman–Crippen MR) is 150 cm³/mol. The van der Waals surface area contributed by atoms with Gasteiger partial charge in [0.15, 0.2) is 16.3 Å². The molecule has 3 aromatic rings. The van der Waals surface area contributed by atoms with Gasteiger partial charge in [0.25, 0.3) is 0 Å². The summed E-state index contributed by atoms with van der Waals surface area (Å²) in [6, 6.07) is 11.7. The molecule has 2 aromatic carbocycles. The van der Waals surface area contributed by atoms with E-state index in [0.717, 1.165) is 19.3 Å². The maximum Gasteiger partial charge on any atom is 0.360 e. The first-order valence-corrected chi connectivity index (χ1v) is 14.5. The molecule has 1 saturated heterocycles. The lowest BCUT2D eigenvalue weighted by atomic mass is 9.72. The molecule has 6 rings (SSSR count). The number of halogens is 2. The quantitative estimate of drug-likeness (QED) is 0.322. The molecular formula is C28H28Cl2N4O3S. The molecular weight excluding hydrogens is 543 g/mol. The van der Waals surface area contributed by atoms with Crippen LogP contribution in [0.1, 0.15) is 59.9 Å². The summed E-state index contributed by atoms with van der Waals surface area (Å²) in [5.74, 6) is -0.0663. The summed E-state index contributed by atoms with van der Waals surface area (Å²) in [4.78, 5) is 24.2. The molecule has 1 aliphatic carbocycles. The number of aromatic nitrogens is 2. The number of esters is 1. The third-order valence-corrected chi connectivity index (χ3v) is 10.8. The number of piperidine rings is 1. The molecule has 7 nitrogen and oxygen atoms in total. The maximum atomic E-state index is 13.2. The molecule has 1 fully saturated rings. The molecule has 0 bridgehead atoms. The van der Waals surface area contributed by atoms with Crippen molar-refractivity contribution < 1.29 is 14.1 Å². The van der Waals surface area contributed by atoms with Crippen LogP contribution in [0, 0.1) is 5.41 Å². The smallest absolute Gasteiger partial charge is 0.360 e. The van der Waals surface area contributed by atoms with E-state index >= 15 is 0 Å². The van der Waals surface area contributed by atoms with Gasteiger partial charge in [0.2, 0.25) is 0 Å². The van der Waals surface area contributed by atoms with Crippen molar-refractivity contribution in [2.45, 2.75) is 43.9 Å². The number of anilines is 1. The van der Waals surface area contributed by atoms with Crippen LogP contribution >= 0.6 is 23.2 Å². The summed E-state index contributed by atoms with van der Waals surface area (Å²) in [5.41, 5.74) is 5.00. The van der Waals surface area contributed by atoms with Crippen LogP contribution in [0.5, 0.6) is 0 Å². The maximum absolute atomic E-state index is 13.2. The summed E-state index contributed by atoms with van der Waals surface area (Å²) in [6.45, 7) is 5.46. The number of carbonyl (C=O) groups is 1. The summed E-state index contributed by atoms with van der Waals surface area (Å²) in [6.07, 6.45) is 4.28. The molecule has 0 amide bonds. The number of nitrogens with zero attached hydrogens (tertiary/aromatic N) is 3. The molecule has 0 radical (unpaired) electrons. The second kappa shape index (κ2) is 9.38. The van der Waals surface area contributed by atoms with Crippen molar-refractivity contribution in [2.24, 2.45) is 5.41 Å². The van der Waals surface area contributed by atoms with Crippen LogP contribution in [-0.2, 0) is 27.3 Å². The van der Waals surface area contributed by atoms with Crippen LogP contribution in [0.2, 0.25) is 10.0 Å². The lowest BCUT2D eigenvalue weighted by molar-refractivity contribution is 0.0594. The zero-order chi connectivity index (χ0) is 26.8. The average molecular weight is 572 g/mol. The lowest BCUT2D eigenvalue weighted by Gasteiger charge is -2.46. The van der Waals surface area contributed by atoms with E-state index in [2.05, 4.69) is 37.8 Å². The van der Waals surface area contributed by atoms with Crippen molar-refractivity contribution in [3.8, 4) is 11.3 Å². The molecule has 2 aliphatic heterocycles. The van der Waals surface area contributed by atoms with Gasteiger partial charge in [0, 0.05) is 41.0 Å². The number of methoxy groups -OCH3 is 1. The minimum atomic E-state index is -1.18. The Balaban J connectivity index is 1.30. The number of hydrogen-bond acceptors (Lipinski definition) is 7. The highest BCUT2D eigenvalue weighted by Crippen LogP contribution is 2.57. The lowest BCUT2D eigenvalue weighted by Crippen LogP contribution is -2.53. The van der Waals surface area contributed by atoms with E-state index in [9.17, 15) is 9.35 Å². The van der Waals surface area contributed by atoms with E-state index in [4.69, 9.17) is 27.9 Å². The standard InChI is InChI=1S/C28H28Cl2N4O3S/c1-27(2)18-8-4-6-16-14-28(24(21(16)18)33-38(27)36)10-12-34(13-11-28)25-23(26(35)37-3)32-20(15-31-25)17-7-5-9-19(29)22(17)30/h4-9,15,24,33H,10-14H2,1-3H3/t24-,38?/m1/s1. The van der Waals surface area contributed by atoms with Crippen LogP contribution in [-0.4, -0.2) is 40.7 Å². The second-order valence-electron chi connectivity index (χ2n) is 10.8. The molecule has 38 heavy (non-hydrogen) atoms. The summed E-state index contributed by atoms with van der Waals surface area (Å²) >= 11 is 11.4. The molecule has 10 heteroatoms. The van der Waals surface area contributed by atoms with Gasteiger partial charge >= 0.3 is 5.97 Å². The van der Waals surface area contributed by atoms with Gasteiger partial charge < -0.3 is 14.2 Å². The van der Waals surface area contributed by atoms with Crippen LogP contribution < -0.4 is 9.62 Å². The molecule has 1 N–H and O–H groups in total. The highest BCUT2D eigenvalue weighted by molar-refractivity contribution is 7.90. The second-order valence-corrected chi connectivity index (χ2v) is 13.3. The Morgan fingerprint density at radius 2 is 1.92 bits per heavy atom. The third-order valence-electron chi connectivity index (χ3n) is 8.40. The molecule has 1 unspecified atom stereocenters. The van der Waals surface area contributed by atoms with E-state index in [0.29, 0.717) is 40.2 Å². The first-order chi connectivity index (χ1) is 18.2. The fraction of sp³-hybridized carbons (Fsp3) is 0.393. The third kappa shape index (κ3) is 3.92. The largest absolute Gasteiger partial charge is 0.597 e.